The van der Waals surface area contributed by atoms with Crippen LogP contribution in [0.15, 0.2) is 30.2 Å². The molecule has 1 amide bonds. The first kappa shape index (κ1) is 1.84. The number of carbonyl (C=O) groups excluding carboxylic acids is 1. The Hall–Kier alpha value is -1.31. The Morgan fingerprint density at radius 2 is 2.30 bits per heavy atom. The number of para-hydroxylation sites is 1. The van der Waals surface area contributed by atoms with Crippen LogP contribution in [0.5, 0.6) is 0 Å². The molecule has 0 aliphatic heterocycles. The molecule has 0 radical (unpaired) electrons. The summed E-state index contributed by atoms with van der Waals surface area (Å²) >= 11 is 0. The minimum atomic E-state index is -2.96. The van der Waals surface area contributed by atoms with Crippen molar-refractivity contribution >= 4 is 11.6 Å². The van der Waals surface area contributed by atoms with Crippen LogP contribution in [0.4, 0.5) is 5.69 Å². The number of nitrogens with one attached hydrogen (secondary N) is 1. The Morgan fingerprint density at radius 3 is 2.90 bits per heavy atom. The van der Waals surface area contributed by atoms with Crippen LogP contribution in [-0.2, 0) is 4.79 Å². The van der Waals surface area contributed by atoms with Gasteiger partial charge in [0.25, 0.3) is 0 Å². The normalized spacial score (nSPS) is 21.6. The summed E-state index contributed by atoms with van der Waals surface area (Å²) in [7, 11) is 0. The third kappa shape index (κ3) is 1.90. The van der Waals surface area contributed by atoms with Gasteiger partial charge in [-0.25, -0.2) is 0 Å². The lowest BCUT2D eigenvalue weighted by Crippen LogP contribution is -2.04. The van der Waals surface area contributed by atoms with E-state index in [9.17, 15) is 4.79 Å². The molecular formula is C8H9NO. The lowest BCUT2D eigenvalue weighted by molar-refractivity contribution is -0.114. The van der Waals surface area contributed by atoms with E-state index in [1.807, 2.05) is 5.32 Å². The largest absolute Gasteiger partial charge is 0.326 e. The maximum atomic E-state index is 11.2. The Morgan fingerprint density at radius 1 is 1.60 bits per heavy atom. The van der Waals surface area contributed by atoms with Gasteiger partial charge in [-0.05, 0) is 12.1 Å². The zero-order chi connectivity index (χ0) is 14.2. The summed E-state index contributed by atoms with van der Waals surface area (Å²) < 4.78 is 57.5. The molecule has 0 atom stereocenters. The monoisotopic (exact) mass is 143 g/mol. The van der Waals surface area contributed by atoms with E-state index in [4.69, 9.17) is 11.0 Å². The molecule has 1 N–H and O–H groups in total. The van der Waals surface area contributed by atoms with Crippen molar-refractivity contribution < 1.29 is 15.8 Å². The van der Waals surface area contributed by atoms with Gasteiger partial charge < -0.3 is 5.32 Å². The van der Waals surface area contributed by atoms with Crippen LogP contribution in [-0.4, -0.2) is 5.91 Å². The number of amides is 1. The fourth-order valence-corrected chi connectivity index (χ4v) is 0.426. The van der Waals surface area contributed by atoms with Gasteiger partial charge in [0.15, 0.2) is 0 Å². The molecular weight excluding hydrogens is 126 g/mol. The van der Waals surface area contributed by atoms with E-state index in [-0.39, 0.29) is 0 Å². The number of hydrogen-bond donors (Lipinski definition) is 1. The maximum Gasteiger partial charge on any atom is 0.221 e. The van der Waals surface area contributed by atoms with Gasteiger partial charge in [0, 0.05) is 16.7 Å². The van der Waals surface area contributed by atoms with Crippen molar-refractivity contribution in [1.29, 1.82) is 0 Å². The summed E-state index contributed by atoms with van der Waals surface area (Å²) in [4.78, 5) is 11.2. The molecule has 0 aromatic heterocycles. The second-order valence-corrected chi connectivity index (χ2v) is 1.45. The number of benzene rings is 1. The minimum absolute atomic E-state index is 0.540. The highest BCUT2D eigenvalue weighted by Crippen LogP contribution is 2.03. The zero-order valence-electron chi connectivity index (χ0n) is 12.9. The fourth-order valence-electron chi connectivity index (χ4n) is 0.426. The van der Waals surface area contributed by atoms with E-state index in [2.05, 4.69) is 0 Å². The number of hydrogen-bond acceptors (Lipinski definition) is 1. The summed E-state index contributed by atoms with van der Waals surface area (Å²) in [6, 6.07) is -3.21. The highest BCUT2D eigenvalue weighted by molar-refractivity contribution is 5.88. The topological polar surface area (TPSA) is 29.1 Å². The highest BCUT2D eigenvalue weighted by atomic mass is 16.1. The molecule has 10 heavy (non-hydrogen) atoms. The Balaban J connectivity index is 3.31. The van der Waals surface area contributed by atoms with Crippen LogP contribution in [0.1, 0.15) is 17.8 Å². The SMILES string of the molecule is [2H]c1c([2H])c([2H])c(NC(=O)C([2H])([2H])[2H])c([2H])c1[2H]. The Kier molecular flexibility index (Phi) is 0.556. The second kappa shape index (κ2) is 3.01. The summed E-state index contributed by atoms with van der Waals surface area (Å²) in [5.41, 5.74) is -0.540. The highest BCUT2D eigenvalue weighted by Gasteiger charge is 1.90. The first-order valence-corrected chi connectivity index (χ1v) is 2.45. The first-order valence-electron chi connectivity index (χ1n) is 6.45. The average Bonchev–Trinajstić information content (AvgIpc) is 2.28. The molecule has 0 bridgehead atoms. The smallest absolute Gasteiger partial charge is 0.221 e. The number of carbonyl (C=O) groups is 1. The molecule has 0 aliphatic rings. The van der Waals surface area contributed by atoms with Gasteiger partial charge in [-0.2, -0.15) is 0 Å². The summed E-state index contributed by atoms with van der Waals surface area (Å²) in [5.74, 6) is -1.40. The van der Waals surface area contributed by atoms with Crippen molar-refractivity contribution in [2.75, 3.05) is 5.32 Å². The van der Waals surface area contributed by atoms with Gasteiger partial charge >= 0.3 is 0 Å². The van der Waals surface area contributed by atoms with Crippen molar-refractivity contribution in [3.05, 3.63) is 30.2 Å². The van der Waals surface area contributed by atoms with Gasteiger partial charge in [-0.1, -0.05) is 18.1 Å². The van der Waals surface area contributed by atoms with Gasteiger partial charge in [0.2, 0.25) is 5.91 Å². The van der Waals surface area contributed by atoms with Crippen molar-refractivity contribution in [3.8, 4) is 0 Å². The summed E-state index contributed by atoms with van der Waals surface area (Å²) in [6.07, 6.45) is 0. The van der Waals surface area contributed by atoms with E-state index in [0.29, 0.717) is 0 Å². The van der Waals surface area contributed by atoms with Crippen molar-refractivity contribution in [2.24, 2.45) is 0 Å². The van der Waals surface area contributed by atoms with Crippen molar-refractivity contribution in [3.63, 3.8) is 0 Å². The molecule has 0 fully saturated rings. The minimum Gasteiger partial charge on any atom is -0.326 e. The molecule has 1 rings (SSSR count). The van der Waals surface area contributed by atoms with Crippen LogP contribution in [0.3, 0.4) is 0 Å². The average molecular weight is 143 g/mol. The van der Waals surface area contributed by atoms with Crippen LogP contribution in [0.25, 0.3) is 0 Å². The van der Waals surface area contributed by atoms with Crippen LogP contribution in [0, 0.1) is 0 Å². The van der Waals surface area contributed by atoms with E-state index in [0.717, 1.165) is 0 Å². The third-order valence-corrected chi connectivity index (χ3v) is 0.739. The molecule has 1 aromatic rings. The van der Waals surface area contributed by atoms with E-state index in [1.54, 1.807) is 0 Å². The molecule has 2 heteroatoms. The Bertz CT molecular complexity index is 480. The van der Waals surface area contributed by atoms with E-state index < -0.39 is 48.7 Å². The van der Waals surface area contributed by atoms with E-state index in [1.165, 1.54) is 0 Å². The predicted molar refractivity (Wildman–Crippen MR) is 40.7 cm³/mol. The van der Waals surface area contributed by atoms with Crippen LogP contribution < -0.4 is 5.32 Å². The van der Waals surface area contributed by atoms with Gasteiger partial charge in [-0.15, -0.1) is 0 Å². The lowest BCUT2D eigenvalue weighted by Gasteiger charge is -1.98. The molecule has 0 aliphatic carbocycles. The number of anilines is 1. The maximum absolute atomic E-state index is 11.2. The molecule has 0 saturated heterocycles. The first-order chi connectivity index (χ1) is 8.07. The zero-order valence-corrected chi connectivity index (χ0v) is 4.91. The summed E-state index contributed by atoms with van der Waals surface area (Å²) in [5, 5.41) is 1.83. The van der Waals surface area contributed by atoms with E-state index >= 15 is 0 Å². The van der Waals surface area contributed by atoms with Crippen LogP contribution >= 0.6 is 0 Å². The standard InChI is InChI=1S/C8H9NO/c1-7(10)9-8-5-3-2-4-6-8/h2-6H,1H3,(H,9,10)/i1D3,2D,3D,4D,5D,6D. The molecule has 0 unspecified atom stereocenters. The van der Waals surface area contributed by atoms with Crippen molar-refractivity contribution in [2.45, 2.75) is 6.85 Å². The lowest BCUT2D eigenvalue weighted by atomic mass is 10.3. The molecule has 0 saturated carbocycles. The summed E-state index contributed by atoms with van der Waals surface area (Å²) in [6.45, 7) is -2.96. The Labute approximate surface area is 71.1 Å². The fraction of sp³-hybridized carbons (Fsp3) is 0.125. The van der Waals surface area contributed by atoms with Crippen LogP contribution in [0.2, 0.25) is 0 Å². The van der Waals surface area contributed by atoms with Gasteiger partial charge in [0.1, 0.15) is 0 Å². The quantitative estimate of drug-likeness (QED) is 0.636. The van der Waals surface area contributed by atoms with Gasteiger partial charge in [0.05, 0.1) is 6.85 Å². The van der Waals surface area contributed by atoms with Gasteiger partial charge in [-0.3, -0.25) is 4.79 Å². The molecule has 0 spiro atoms. The predicted octanol–water partition coefficient (Wildman–Crippen LogP) is 1.64. The molecule has 1 aromatic carbocycles. The second-order valence-electron chi connectivity index (χ2n) is 1.45. The molecule has 52 valence electrons. The number of rotatable bonds is 1. The third-order valence-electron chi connectivity index (χ3n) is 0.739. The molecule has 2 nitrogen and oxygen atoms in total. The molecule has 0 heterocycles. The van der Waals surface area contributed by atoms with Crippen molar-refractivity contribution in [1.82, 2.24) is 0 Å².